The van der Waals surface area contributed by atoms with Crippen molar-refractivity contribution in [2.45, 2.75) is 19.8 Å². The number of benzene rings is 1. The molecule has 0 saturated carbocycles. The molecular weight excluding hydrogens is 156 g/mol. The van der Waals surface area contributed by atoms with Crippen LogP contribution in [0.5, 0.6) is 0 Å². The van der Waals surface area contributed by atoms with Crippen LogP contribution < -0.4 is 0 Å². The second-order valence-corrected chi connectivity index (χ2v) is 3.12. The zero-order valence-electron chi connectivity index (χ0n) is 7.96. The Hall–Kier alpha value is -1.48. The first kappa shape index (κ1) is 9.61. The Balaban J connectivity index is 2.53. The molecule has 0 nitrogen and oxygen atoms in total. The number of rotatable bonds is 3. The summed E-state index contributed by atoms with van der Waals surface area (Å²) < 4.78 is 0. The number of hydrogen-bond acceptors (Lipinski definition) is 0. The summed E-state index contributed by atoms with van der Waals surface area (Å²) in [4.78, 5) is 0. The van der Waals surface area contributed by atoms with E-state index in [4.69, 9.17) is 6.42 Å². The van der Waals surface area contributed by atoms with Crippen molar-refractivity contribution >= 4 is 0 Å². The minimum atomic E-state index is 0.757. The van der Waals surface area contributed by atoms with E-state index < -0.39 is 0 Å². The summed E-state index contributed by atoms with van der Waals surface area (Å²) in [6, 6.07) is 10.4. The van der Waals surface area contributed by atoms with Crippen molar-refractivity contribution in [3.05, 3.63) is 47.5 Å². The monoisotopic (exact) mass is 170 g/mol. The van der Waals surface area contributed by atoms with Crippen molar-refractivity contribution in [1.29, 1.82) is 0 Å². The van der Waals surface area contributed by atoms with Gasteiger partial charge in [-0.15, -0.1) is 12.3 Å². The fourth-order valence-electron chi connectivity index (χ4n) is 1.14. The number of hydrogen-bond donors (Lipinski definition) is 0. The molecule has 0 aromatic heterocycles. The molecule has 66 valence electrons. The molecule has 0 aliphatic carbocycles. The zero-order chi connectivity index (χ0) is 9.52. The van der Waals surface area contributed by atoms with Gasteiger partial charge in [-0.05, 0) is 18.9 Å². The molecule has 0 bridgehead atoms. The topological polar surface area (TPSA) is 0 Å². The third-order valence-electron chi connectivity index (χ3n) is 1.91. The Bertz CT molecular complexity index is 312. The van der Waals surface area contributed by atoms with Crippen LogP contribution in [0.15, 0.2) is 42.0 Å². The van der Waals surface area contributed by atoms with Gasteiger partial charge in [-0.25, -0.2) is 0 Å². The van der Waals surface area contributed by atoms with Crippen LogP contribution in [-0.2, 0) is 6.42 Å². The third-order valence-corrected chi connectivity index (χ3v) is 1.91. The summed E-state index contributed by atoms with van der Waals surface area (Å²) in [6.45, 7) is 2.07. The van der Waals surface area contributed by atoms with Gasteiger partial charge in [0.1, 0.15) is 0 Å². The van der Waals surface area contributed by atoms with Crippen LogP contribution in [0, 0.1) is 12.3 Å². The maximum absolute atomic E-state index is 5.21. The summed E-state index contributed by atoms with van der Waals surface area (Å²) in [6.07, 6.45) is 9.13. The average Bonchev–Trinajstić information content (AvgIpc) is 2.17. The first-order chi connectivity index (χ1) is 6.33. The molecule has 0 unspecified atom stereocenters. The second kappa shape index (κ2) is 5.22. The number of terminal acetylenes is 1. The van der Waals surface area contributed by atoms with Gasteiger partial charge in [0, 0.05) is 6.42 Å². The molecule has 0 amide bonds. The van der Waals surface area contributed by atoms with Gasteiger partial charge >= 0.3 is 0 Å². The quantitative estimate of drug-likeness (QED) is 0.482. The SMILES string of the molecule is C#CCC(C)=CCc1ccccc1. The van der Waals surface area contributed by atoms with Crippen molar-refractivity contribution in [3.8, 4) is 12.3 Å². The highest BCUT2D eigenvalue weighted by atomic mass is 13.9. The Morgan fingerprint density at radius 1 is 1.38 bits per heavy atom. The molecule has 0 atom stereocenters. The molecule has 0 spiro atoms. The van der Waals surface area contributed by atoms with Gasteiger partial charge in [0.25, 0.3) is 0 Å². The molecule has 0 heteroatoms. The normalized spacial score (nSPS) is 10.9. The summed E-state index contributed by atoms with van der Waals surface area (Å²) in [5.74, 6) is 2.64. The summed E-state index contributed by atoms with van der Waals surface area (Å²) in [5, 5.41) is 0. The third kappa shape index (κ3) is 3.62. The van der Waals surface area contributed by atoms with Crippen LogP contribution in [0.3, 0.4) is 0 Å². The Morgan fingerprint density at radius 2 is 2.08 bits per heavy atom. The highest BCUT2D eigenvalue weighted by molar-refractivity contribution is 5.19. The fourth-order valence-corrected chi connectivity index (χ4v) is 1.14. The molecule has 0 saturated heterocycles. The lowest BCUT2D eigenvalue weighted by atomic mass is 10.1. The van der Waals surface area contributed by atoms with E-state index in [1.165, 1.54) is 11.1 Å². The lowest BCUT2D eigenvalue weighted by molar-refractivity contribution is 1.17. The van der Waals surface area contributed by atoms with E-state index in [0.29, 0.717) is 0 Å². The molecule has 13 heavy (non-hydrogen) atoms. The largest absolute Gasteiger partial charge is 0.120 e. The summed E-state index contributed by atoms with van der Waals surface area (Å²) in [7, 11) is 0. The molecule has 0 aliphatic heterocycles. The van der Waals surface area contributed by atoms with E-state index in [0.717, 1.165) is 12.8 Å². The van der Waals surface area contributed by atoms with Gasteiger partial charge in [0.05, 0.1) is 0 Å². The van der Waals surface area contributed by atoms with Crippen molar-refractivity contribution < 1.29 is 0 Å². The Morgan fingerprint density at radius 3 is 2.69 bits per heavy atom. The maximum Gasteiger partial charge on any atom is 0.0293 e. The zero-order valence-corrected chi connectivity index (χ0v) is 7.96. The van der Waals surface area contributed by atoms with E-state index in [2.05, 4.69) is 43.2 Å². The lowest BCUT2D eigenvalue weighted by Crippen LogP contribution is -1.81. The van der Waals surface area contributed by atoms with Crippen molar-refractivity contribution in [1.82, 2.24) is 0 Å². The fraction of sp³-hybridized carbons (Fsp3) is 0.231. The predicted molar refractivity (Wildman–Crippen MR) is 57.4 cm³/mol. The first-order valence-electron chi connectivity index (χ1n) is 4.46. The molecule has 1 rings (SSSR count). The molecule has 0 N–H and O–H groups in total. The highest BCUT2D eigenvalue weighted by Crippen LogP contribution is 2.04. The van der Waals surface area contributed by atoms with E-state index in [1.54, 1.807) is 0 Å². The van der Waals surface area contributed by atoms with E-state index in [9.17, 15) is 0 Å². The van der Waals surface area contributed by atoms with Crippen LogP contribution in [0.25, 0.3) is 0 Å². The minimum Gasteiger partial charge on any atom is -0.120 e. The molecule has 0 aliphatic rings. The standard InChI is InChI=1S/C13H14/c1-3-7-12(2)10-11-13-8-5-4-6-9-13/h1,4-6,8-10H,7,11H2,2H3. The van der Waals surface area contributed by atoms with Crippen LogP contribution in [0.4, 0.5) is 0 Å². The maximum atomic E-state index is 5.21. The van der Waals surface area contributed by atoms with Crippen LogP contribution in [-0.4, -0.2) is 0 Å². The number of allylic oxidation sites excluding steroid dienone is 2. The smallest absolute Gasteiger partial charge is 0.0293 e. The van der Waals surface area contributed by atoms with Crippen LogP contribution >= 0.6 is 0 Å². The van der Waals surface area contributed by atoms with Gasteiger partial charge in [0.2, 0.25) is 0 Å². The molecule has 0 heterocycles. The van der Waals surface area contributed by atoms with Gasteiger partial charge in [-0.2, -0.15) is 0 Å². The highest BCUT2D eigenvalue weighted by Gasteiger charge is 1.88. The van der Waals surface area contributed by atoms with Crippen molar-refractivity contribution in [3.63, 3.8) is 0 Å². The minimum absolute atomic E-state index is 0.757. The predicted octanol–water partition coefficient (Wildman–Crippen LogP) is 3.20. The Labute approximate surface area is 80.3 Å². The van der Waals surface area contributed by atoms with Crippen LogP contribution in [0.1, 0.15) is 18.9 Å². The molecular formula is C13H14. The van der Waals surface area contributed by atoms with E-state index in [1.807, 2.05) is 6.07 Å². The average molecular weight is 170 g/mol. The summed E-state index contributed by atoms with van der Waals surface area (Å²) in [5.41, 5.74) is 2.60. The Kier molecular flexibility index (Phi) is 3.85. The van der Waals surface area contributed by atoms with Gasteiger partial charge < -0.3 is 0 Å². The summed E-state index contributed by atoms with van der Waals surface area (Å²) >= 11 is 0. The van der Waals surface area contributed by atoms with E-state index >= 15 is 0 Å². The van der Waals surface area contributed by atoms with Crippen LogP contribution in [0.2, 0.25) is 0 Å². The van der Waals surface area contributed by atoms with Gasteiger partial charge in [-0.1, -0.05) is 42.0 Å². The second-order valence-electron chi connectivity index (χ2n) is 3.12. The van der Waals surface area contributed by atoms with Crippen molar-refractivity contribution in [2.24, 2.45) is 0 Å². The molecule has 0 fully saturated rings. The molecule has 0 radical (unpaired) electrons. The van der Waals surface area contributed by atoms with Gasteiger partial charge in [-0.3, -0.25) is 0 Å². The van der Waals surface area contributed by atoms with Gasteiger partial charge in [0.15, 0.2) is 0 Å². The van der Waals surface area contributed by atoms with Crippen molar-refractivity contribution in [2.75, 3.05) is 0 Å². The molecule has 1 aromatic carbocycles. The van der Waals surface area contributed by atoms with E-state index in [-0.39, 0.29) is 0 Å². The lowest BCUT2D eigenvalue weighted by Gasteiger charge is -1.96. The first-order valence-corrected chi connectivity index (χ1v) is 4.46. The molecule has 1 aromatic rings.